The number of azo groups is 1. The van der Waals surface area contributed by atoms with Crippen LogP contribution in [0.1, 0.15) is 66.7 Å². The van der Waals surface area contributed by atoms with Crippen LogP contribution in [0, 0.1) is 11.3 Å². The number of hydrogen-bond acceptors (Lipinski definition) is 2. The van der Waals surface area contributed by atoms with Gasteiger partial charge < -0.3 is 0 Å². The molecule has 0 spiro atoms. The van der Waals surface area contributed by atoms with Crippen molar-refractivity contribution in [2.24, 2.45) is 21.6 Å². The summed E-state index contributed by atoms with van der Waals surface area (Å²) in [6, 6.07) is 0.401. The monoisotopic (exact) mass is 258 g/mol. The SMILES string of the molecule is CCC(C)(Cl)/N=N/C1CCC(C(C)(C)C)CC1. The Morgan fingerprint density at radius 3 is 2.00 bits per heavy atom. The number of alkyl halides is 1. The Kier molecular flexibility index (Phi) is 5.00. The second-order valence-corrected chi connectivity index (χ2v) is 7.40. The number of nitrogens with zero attached hydrogens (tertiary/aromatic N) is 2. The molecule has 0 bridgehead atoms. The first-order valence-electron chi connectivity index (χ1n) is 6.85. The van der Waals surface area contributed by atoms with E-state index in [4.69, 9.17) is 11.6 Å². The van der Waals surface area contributed by atoms with Gasteiger partial charge in [-0.2, -0.15) is 10.2 Å². The highest BCUT2D eigenvalue weighted by atomic mass is 35.5. The molecule has 1 saturated carbocycles. The van der Waals surface area contributed by atoms with Crippen molar-refractivity contribution in [3.63, 3.8) is 0 Å². The predicted molar refractivity (Wildman–Crippen MR) is 74.6 cm³/mol. The Morgan fingerprint density at radius 2 is 1.59 bits per heavy atom. The zero-order chi connectivity index (χ0) is 13.1. The first-order valence-corrected chi connectivity index (χ1v) is 7.23. The molecule has 0 heterocycles. The first-order chi connectivity index (χ1) is 7.74. The first kappa shape index (κ1) is 14.9. The van der Waals surface area contributed by atoms with Crippen molar-refractivity contribution in [3.05, 3.63) is 0 Å². The number of hydrogen-bond donors (Lipinski definition) is 0. The molecule has 100 valence electrons. The van der Waals surface area contributed by atoms with E-state index in [0.29, 0.717) is 11.5 Å². The van der Waals surface area contributed by atoms with Gasteiger partial charge in [0.25, 0.3) is 0 Å². The molecule has 17 heavy (non-hydrogen) atoms. The Balaban J connectivity index is 2.43. The van der Waals surface area contributed by atoms with Crippen LogP contribution < -0.4 is 0 Å². The summed E-state index contributed by atoms with van der Waals surface area (Å²) in [5.74, 6) is 0.836. The van der Waals surface area contributed by atoms with Gasteiger partial charge in [0.15, 0.2) is 5.00 Å². The van der Waals surface area contributed by atoms with Crippen LogP contribution in [0.25, 0.3) is 0 Å². The van der Waals surface area contributed by atoms with E-state index in [1.165, 1.54) is 25.7 Å². The van der Waals surface area contributed by atoms with Gasteiger partial charge in [0, 0.05) is 0 Å². The van der Waals surface area contributed by atoms with E-state index in [2.05, 4.69) is 31.0 Å². The lowest BCUT2D eigenvalue weighted by atomic mass is 9.71. The van der Waals surface area contributed by atoms with Crippen LogP contribution in [0.15, 0.2) is 10.2 Å². The summed E-state index contributed by atoms with van der Waals surface area (Å²) >= 11 is 6.18. The molecule has 0 N–H and O–H groups in total. The summed E-state index contributed by atoms with van der Waals surface area (Å²) in [6.07, 6.45) is 5.72. The maximum atomic E-state index is 6.18. The topological polar surface area (TPSA) is 24.7 Å². The fraction of sp³-hybridized carbons (Fsp3) is 1.00. The standard InChI is InChI=1S/C14H27ClN2/c1-6-14(5,15)17-16-12-9-7-11(8-10-12)13(2,3)4/h11-12H,6-10H2,1-5H3/b17-16+. The van der Waals surface area contributed by atoms with E-state index in [9.17, 15) is 0 Å². The van der Waals surface area contributed by atoms with E-state index in [0.717, 1.165) is 12.3 Å². The summed E-state index contributed by atoms with van der Waals surface area (Å²) in [7, 11) is 0. The normalized spacial score (nSPS) is 30.5. The second kappa shape index (κ2) is 5.69. The fourth-order valence-electron chi connectivity index (χ4n) is 2.33. The third-order valence-electron chi connectivity index (χ3n) is 4.00. The smallest absolute Gasteiger partial charge is 0.151 e. The minimum absolute atomic E-state index is 0.401. The van der Waals surface area contributed by atoms with Crippen molar-refractivity contribution in [1.29, 1.82) is 0 Å². The van der Waals surface area contributed by atoms with Crippen LogP contribution in [-0.4, -0.2) is 11.0 Å². The average Bonchev–Trinajstić information content (AvgIpc) is 2.26. The van der Waals surface area contributed by atoms with Gasteiger partial charge >= 0.3 is 0 Å². The molecule has 0 amide bonds. The minimum atomic E-state index is -0.499. The third-order valence-corrected chi connectivity index (χ3v) is 4.34. The second-order valence-electron chi connectivity index (χ2n) is 6.58. The van der Waals surface area contributed by atoms with Crippen LogP contribution in [0.3, 0.4) is 0 Å². The van der Waals surface area contributed by atoms with Gasteiger partial charge in [0.1, 0.15) is 0 Å². The Labute approximate surface area is 111 Å². The van der Waals surface area contributed by atoms with Crippen LogP contribution in [0.5, 0.6) is 0 Å². The van der Waals surface area contributed by atoms with Crippen molar-refractivity contribution in [2.75, 3.05) is 0 Å². The maximum Gasteiger partial charge on any atom is 0.151 e. The van der Waals surface area contributed by atoms with Crippen molar-refractivity contribution < 1.29 is 0 Å². The molecule has 1 unspecified atom stereocenters. The van der Waals surface area contributed by atoms with Gasteiger partial charge in [-0.15, -0.1) is 0 Å². The van der Waals surface area contributed by atoms with E-state index >= 15 is 0 Å². The predicted octanol–water partition coefficient (Wildman–Crippen LogP) is 5.41. The van der Waals surface area contributed by atoms with Gasteiger partial charge in [0.2, 0.25) is 0 Å². The lowest BCUT2D eigenvalue weighted by molar-refractivity contribution is 0.168. The van der Waals surface area contributed by atoms with Crippen molar-refractivity contribution >= 4 is 11.6 Å². The Morgan fingerprint density at radius 1 is 1.06 bits per heavy atom. The van der Waals surface area contributed by atoms with E-state index in [1.54, 1.807) is 0 Å². The molecular formula is C14H27ClN2. The zero-order valence-corrected chi connectivity index (χ0v) is 12.7. The van der Waals surface area contributed by atoms with Crippen LogP contribution in [-0.2, 0) is 0 Å². The number of halogens is 1. The summed E-state index contributed by atoms with van der Waals surface area (Å²) in [6.45, 7) is 11.0. The summed E-state index contributed by atoms with van der Waals surface area (Å²) < 4.78 is 0. The van der Waals surface area contributed by atoms with E-state index in [-0.39, 0.29) is 0 Å². The molecule has 0 saturated heterocycles. The van der Waals surface area contributed by atoms with Crippen molar-refractivity contribution in [3.8, 4) is 0 Å². The molecule has 1 atom stereocenters. The molecule has 0 aromatic rings. The largest absolute Gasteiger partial charge is 0.189 e. The number of rotatable bonds is 3. The molecule has 1 fully saturated rings. The van der Waals surface area contributed by atoms with E-state index < -0.39 is 5.00 Å². The molecule has 1 aliphatic rings. The fourth-order valence-corrected chi connectivity index (χ4v) is 2.37. The van der Waals surface area contributed by atoms with Gasteiger partial charge in [-0.3, -0.25) is 0 Å². The molecule has 0 radical (unpaired) electrons. The zero-order valence-electron chi connectivity index (χ0n) is 12.0. The van der Waals surface area contributed by atoms with E-state index in [1.807, 2.05) is 13.8 Å². The highest BCUT2D eigenvalue weighted by molar-refractivity contribution is 6.23. The van der Waals surface area contributed by atoms with Crippen molar-refractivity contribution in [1.82, 2.24) is 0 Å². The lowest BCUT2D eigenvalue weighted by Crippen LogP contribution is -2.27. The summed E-state index contributed by atoms with van der Waals surface area (Å²) in [5.41, 5.74) is 0.437. The molecule has 0 aromatic heterocycles. The van der Waals surface area contributed by atoms with Crippen LogP contribution >= 0.6 is 11.6 Å². The van der Waals surface area contributed by atoms with Crippen LogP contribution in [0.4, 0.5) is 0 Å². The molecule has 1 aliphatic carbocycles. The third kappa shape index (κ3) is 4.95. The lowest BCUT2D eigenvalue weighted by Gasteiger charge is -2.35. The molecule has 2 nitrogen and oxygen atoms in total. The molecule has 3 heteroatoms. The van der Waals surface area contributed by atoms with Gasteiger partial charge in [0.05, 0.1) is 6.04 Å². The summed E-state index contributed by atoms with van der Waals surface area (Å²) in [4.78, 5) is -0.499. The van der Waals surface area contributed by atoms with Crippen LogP contribution in [0.2, 0.25) is 0 Å². The Hall–Kier alpha value is -0.110. The molecule has 0 aromatic carbocycles. The minimum Gasteiger partial charge on any atom is -0.189 e. The highest BCUT2D eigenvalue weighted by Crippen LogP contribution is 2.38. The summed E-state index contributed by atoms with van der Waals surface area (Å²) in [5, 5.41) is 8.71. The van der Waals surface area contributed by atoms with Gasteiger partial charge in [-0.25, -0.2) is 0 Å². The maximum absolute atomic E-state index is 6.18. The quantitative estimate of drug-likeness (QED) is 0.367. The highest BCUT2D eigenvalue weighted by Gasteiger charge is 2.30. The molecule has 0 aliphatic heterocycles. The molecular weight excluding hydrogens is 232 g/mol. The average molecular weight is 259 g/mol. The van der Waals surface area contributed by atoms with Gasteiger partial charge in [-0.05, 0) is 50.4 Å². The molecule has 1 rings (SSSR count). The van der Waals surface area contributed by atoms with Gasteiger partial charge in [-0.1, -0.05) is 39.3 Å². The van der Waals surface area contributed by atoms with Crippen molar-refractivity contribution in [2.45, 2.75) is 77.8 Å². The Bertz CT molecular complexity index is 258.